The molecule has 0 aliphatic rings. The number of carbonyl (C=O) groups is 1. The second-order valence-electron chi connectivity index (χ2n) is 4.53. The smallest absolute Gasteiger partial charge is 0.307 e. The van der Waals surface area contributed by atoms with Crippen molar-refractivity contribution in [1.82, 2.24) is 5.43 Å². The maximum atomic E-state index is 12.6. The van der Waals surface area contributed by atoms with E-state index in [1.807, 2.05) is 0 Å². The van der Waals surface area contributed by atoms with Crippen molar-refractivity contribution in [3.05, 3.63) is 57.0 Å². The molecule has 0 saturated carbocycles. The van der Waals surface area contributed by atoms with Crippen molar-refractivity contribution in [2.24, 2.45) is 0 Å². The van der Waals surface area contributed by atoms with Gasteiger partial charge in [0.1, 0.15) is 0 Å². The maximum absolute atomic E-state index is 12.6. The zero-order valence-electron chi connectivity index (χ0n) is 11.6. The van der Waals surface area contributed by atoms with Crippen LogP contribution in [0.2, 0.25) is 15.1 Å². The number of carbonyl (C=O) groups excluding carboxylic acids is 1. The number of hydrogen-bond donors (Lipinski definition) is 3. The third kappa shape index (κ3) is 4.83. The predicted octanol–water partition coefficient (Wildman–Crippen LogP) is 5.81. The van der Waals surface area contributed by atoms with Gasteiger partial charge in [0.2, 0.25) is 0 Å². The van der Waals surface area contributed by atoms with Gasteiger partial charge in [-0.15, -0.1) is 0 Å². The highest BCUT2D eigenvalue weighted by atomic mass is 35.5. The molecular weight excluding hydrogens is 390 g/mol. The Kier molecular flexibility index (Phi) is 5.69. The fourth-order valence-electron chi connectivity index (χ4n) is 1.72. The van der Waals surface area contributed by atoms with Crippen LogP contribution >= 0.6 is 34.8 Å². The van der Waals surface area contributed by atoms with Crippen LogP contribution in [0.25, 0.3) is 0 Å². The zero-order valence-corrected chi connectivity index (χ0v) is 13.9. The molecule has 4 nitrogen and oxygen atoms in total. The number of halogens is 6. The van der Waals surface area contributed by atoms with Gasteiger partial charge in [0.05, 0.1) is 21.3 Å². The van der Waals surface area contributed by atoms with Gasteiger partial charge in [-0.25, -0.2) is 4.79 Å². The van der Waals surface area contributed by atoms with Crippen molar-refractivity contribution < 1.29 is 18.0 Å². The minimum absolute atomic E-state index is 0.0302. The average Bonchev–Trinajstić information content (AvgIpc) is 2.45. The first-order valence-electron chi connectivity index (χ1n) is 6.31. The molecule has 24 heavy (non-hydrogen) atoms. The molecule has 0 aliphatic carbocycles. The molecule has 0 atom stereocenters. The lowest BCUT2D eigenvalue weighted by Gasteiger charge is -2.13. The van der Waals surface area contributed by atoms with Crippen LogP contribution in [0, 0.1) is 0 Å². The first-order chi connectivity index (χ1) is 11.2. The Hall–Kier alpha value is -1.83. The van der Waals surface area contributed by atoms with E-state index >= 15 is 0 Å². The number of alkyl halides is 3. The highest BCUT2D eigenvalue weighted by molar-refractivity contribution is 6.41. The second kappa shape index (κ2) is 7.38. The van der Waals surface area contributed by atoms with E-state index in [4.69, 9.17) is 34.8 Å². The molecule has 3 N–H and O–H groups in total. The van der Waals surface area contributed by atoms with Crippen molar-refractivity contribution in [2.45, 2.75) is 6.18 Å². The van der Waals surface area contributed by atoms with Crippen molar-refractivity contribution in [3.63, 3.8) is 0 Å². The van der Waals surface area contributed by atoms with Gasteiger partial charge in [-0.05, 0) is 30.3 Å². The number of hydrogen-bond acceptors (Lipinski definition) is 2. The Morgan fingerprint density at radius 2 is 1.62 bits per heavy atom. The van der Waals surface area contributed by atoms with Crippen molar-refractivity contribution in [1.29, 1.82) is 0 Å². The molecule has 0 aromatic heterocycles. The molecule has 0 saturated heterocycles. The van der Waals surface area contributed by atoms with Crippen LogP contribution in [-0.4, -0.2) is 6.03 Å². The summed E-state index contributed by atoms with van der Waals surface area (Å²) in [4.78, 5) is 11.8. The van der Waals surface area contributed by atoms with E-state index in [-0.39, 0.29) is 21.4 Å². The summed E-state index contributed by atoms with van der Waals surface area (Å²) in [5, 5.41) is 2.88. The van der Waals surface area contributed by atoms with E-state index in [0.717, 1.165) is 12.1 Å². The molecule has 0 aliphatic heterocycles. The molecule has 2 rings (SSSR count). The van der Waals surface area contributed by atoms with E-state index in [9.17, 15) is 18.0 Å². The summed E-state index contributed by atoms with van der Waals surface area (Å²) < 4.78 is 37.8. The van der Waals surface area contributed by atoms with Gasteiger partial charge in [0.15, 0.2) is 0 Å². The molecule has 2 aromatic rings. The lowest BCUT2D eigenvalue weighted by Crippen LogP contribution is -2.33. The SMILES string of the molecule is O=C(NNc1c(Cl)cc(Cl)cc1Cl)Nc1cccc(C(F)(F)F)c1. The van der Waals surface area contributed by atoms with Crippen LogP contribution in [0.5, 0.6) is 0 Å². The van der Waals surface area contributed by atoms with Gasteiger partial charge >= 0.3 is 12.2 Å². The Bertz CT molecular complexity index is 745. The molecule has 2 amide bonds. The lowest BCUT2D eigenvalue weighted by molar-refractivity contribution is -0.137. The molecule has 0 spiro atoms. The third-order valence-electron chi connectivity index (χ3n) is 2.76. The van der Waals surface area contributed by atoms with E-state index in [2.05, 4.69) is 16.2 Å². The zero-order chi connectivity index (χ0) is 17.9. The topological polar surface area (TPSA) is 53.2 Å². The number of hydrazine groups is 1. The van der Waals surface area contributed by atoms with Gasteiger partial charge < -0.3 is 5.32 Å². The van der Waals surface area contributed by atoms with Crippen molar-refractivity contribution >= 4 is 52.2 Å². The van der Waals surface area contributed by atoms with Gasteiger partial charge in [0.25, 0.3) is 0 Å². The minimum atomic E-state index is -4.50. The standard InChI is InChI=1S/C14H9Cl3F3N3O/c15-8-5-10(16)12(11(17)6-8)22-23-13(24)21-9-3-1-2-7(4-9)14(18,19)20/h1-6,22H,(H2,21,23,24). The van der Waals surface area contributed by atoms with Gasteiger partial charge in [-0.2, -0.15) is 13.2 Å². The molecule has 128 valence electrons. The summed E-state index contributed by atoms with van der Waals surface area (Å²) in [5.74, 6) is 0. The third-order valence-corrected chi connectivity index (χ3v) is 3.57. The average molecular weight is 399 g/mol. The predicted molar refractivity (Wildman–Crippen MR) is 88.7 cm³/mol. The summed E-state index contributed by atoms with van der Waals surface area (Å²) in [7, 11) is 0. The van der Waals surface area contributed by atoms with Gasteiger partial charge in [0, 0.05) is 10.7 Å². The Labute approximate surface area is 149 Å². The number of urea groups is 1. The normalized spacial score (nSPS) is 11.1. The van der Waals surface area contributed by atoms with Gasteiger partial charge in [-0.1, -0.05) is 40.9 Å². The van der Waals surface area contributed by atoms with Crippen LogP contribution in [0.4, 0.5) is 29.3 Å². The van der Waals surface area contributed by atoms with E-state index in [1.54, 1.807) is 0 Å². The van der Waals surface area contributed by atoms with Crippen LogP contribution in [0.1, 0.15) is 5.56 Å². The van der Waals surface area contributed by atoms with Crippen LogP contribution < -0.4 is 16.2 Å². The second-order valence-corrected chi connectivity index (χ2v) is 5.78. The highest BCUT2D eigenvalue weighted by Gasteiger charge is 2.30. The minimum Gasteiger partial charge on any atom is -0.307 e. The number of amides is 2. The Morgan fingerprint density at radius 3 is 2.21 bits per heavy atom. The summed E-state index contributed by atoms with van der Waals surface area (Å²) in [5.41, 5.74) is 3.97. The van der Waals surface area contributed by atoms with Gasteiger partial charge in [-0.3, -0.25) is 10.9 Å². The first kappa shape index (κ1) is 18.5. The molecule has 0 unspecified atom stereocenters. The number of benzene rings is 2. The summed E-state index contributed by atoms with van der Waals surface area (Å²) >= 11 is 17.6. The molecule has 0 bridgehead atoms. The number of nitrogens with one attached hydrogen (secondary N) is 3. The highest BCUT2D eigenvalue weighted by Crippen LogP contribution is 2.33. The maximum Gasteiger partial charge on any atom is 0.416 e. The van der Waals surface area contributed by atoms with Crippen LogP contribution in [0.15, 0.2) is 36.4 Å². The molecule has 0 radical (unpaired) electrons. The largest absolute Gasteiger partial charge is 0.416 e. The van der Waals surface area contributed by atoms with E-state index in [0.29, 0.717) is 5.02 Å². The fourth-order valence-corrected chi connectivity index (χ4v) is 2.63. The van der Waals surface area contributed by atoms with Crippen LogP contribution in [0.3, 0.4) is 0 Å². The monoisotopic (exact) mass is 397 g/mol. The van der Waals surface area contributed by atoms with Crippen LogP contribution in [-0.2, 0) is 6.18 Å². The Balaban J connectivity index is 2.02. The summed E-state index contributed by atoms with van der Waals surface area (Å²) in [6, 6.07) is 6.20. The Morgan fingerprint density at radius 1 is 1.00 bits per heavy atom. The van der Waals surface area contributed by atoms with Crippen molar-refractivity contribution in [2.75, 3.05) is 10.7 Å². The van der Waals surface area contributed by atoms with E-state index in [1.165, 1.54) is 24.3 Å². The molecule has 0 fully saturated rings. The summed E-state index contributed by atoms with van der Waals surface area (Å²) in [6.07, 6.45) is -4.50. The molecular formula is C14H9Cl3F3N3O. The molecule has 2 aromatic carbocycles. The molecule has 0 heterocycles. The van der Waals surface area contributed by atoms with E-state index < -0.39 is 17.8 Å². The van der Waals surface area contributed by atoms with Crippen molar-refractivity contribution in [3.8, 4) is 0 Å². The molecule has 10 heteroatoms. The quantitative estimate of drug-likeness (QED) is 0.571. The fraction of sp³-hybridized carbons (Fsp3) is 0.0714. The summed E-state index contributed by atoms with van der Waals surface area (Å²) in [6.45, 7) is 0. The lowest BCUT2D eigenvalue weighted by atomic mass is 10.2. The number of rotatable bonds is 3. The first-order valence-corrected chi connectivity index (χ1v) is 7.45. The number of anilines is 2.